The standard InChI is InChI=1S/C12H14F3NO3S/c13-12(14,15)9-5-7-16(8-6-9)20(18,19)11-3-1-10(17)2-4-11/h1-4,9,17H,5-8H2. The fourth-order valence-electron chi connectivity index (χ4n) is 2.19. The maximum Gasteiger partial charge on any atom is 0.391 e. The van der Waals surface area contributed by atoms with Crippen LogP contribution in [0.3, 0.4) is 0 Å². The second-order valence-electron chi connectivity index (χ2n) is 4.71. The molecular formula is C12H14F3NO3S. The monoisotopic (exact) mass is 309 g/mol. The summed E-state index contributed by atoms with van der Waals surface area (Å²) < 4.78 is 63.1. The molecule has 1 aliphatic heterocycles. The molecule has 0 unspecified atom stereocenters. The van der Waals surface area contributed by atoms with E-state index in [1.807, 2.05) is 0 Å². The van der Waals surface area contributed by atoms with Gasteiger partial charge in [-0.05, 0) is 37.1 Å². The molecule has 0 aromatic heterocycles. The van der Waals surface area contributed by atoms with Crippen LogP contribution in [-0.2, 0) is 10.0 Å². The van der Waals surface area contributed by atoms with Crippen LogP contribution in [0.15, 0.2) is 29.2 Å². The van der Waals surface area contributed by atoms with E-state index in [-0.39, 0.29) is 36.6 Å². The van der Waals surface area contributed by atoms with E-state index in [1.165, 1.54) is 24.3 Å². The minimum absolute atomic E-state index is 0.0271. The number of phenols is 1. The fourth-order valence-corrected chi connectivity index (χ4v) is 3.66. The minimum atomic E-state index is -4.27. The van der Waals surface area contributed by atoms with E-state index in [0.29, 0.717) is 0 Å². The molecule has 8 heteroatoms. The Morgan fingerprint density at radius 1 is 1.10 bits per heavy atom. The van der Waals surface area contributed by atoms with Crippen molar-refractivity contribution in [3.05, 3.63) is 24.3 Å². The van der Waals surface area contributed by atoms with Crippen LogP contribution in [0.1, 0.15) is 12.8 Å². The van der Waals surface area contributed by atoms with Gasteiger partial charge in [0.1, 0.15) is 5.75 Å². The van der Waals surface area contributed by atoms with Crippen molar-refractivity contribution in [3.63, 3.8) is 0 Å². The maximum absolute atomic E-state index is 12.5. The van der Waals surface area contributed by atoms with E-state index < -0.39 is 22.1 Å². The summed E-state index contributed by atoms with van der Waals surface area (Å²) in [6.45, 7) is -0.291. The lowest BCUT2D eigenvalue weighted by Gasteiger charge is -2.32. The van der Waals surface area contributed by atoms with Gasteiger partial charge < -0.3 is 5.11 Å². The molecule has 1 aliphatic rings. The summed E-state index contributed by atoms with van der Waals surface area (Å²) in [6, 6.07) is 4.94. The SMILES string of the molecule is O=S(=O)(c1ccc(O)cc1)N1CCC(C(F)(F)F)CC1. The lowest BCUT2D eigenvalue weighted by Crippen LogP contribution is -2.42. The van der Waals surface area contributed by atoms with Crippen LogP contribution in [-0.4, -0.2) is 37.1 Å². The van der Waals surface area contributed by atoms with Crippen LogP contribution in [0.2, 0.25) is 0 Å². The van der Waals surface area contributed by atoms with Crippen molar-refractivity contribution in [1.29, 1.82) is 0 Å². The predicted molar refractivity (Wildman–Crippen MR) is 65.6 cm³/mol. The molecule has 0 bridgehead atoms. The zero-order valence-electron chi connectivity index (χ0n) is 10.5. The van der Waals surface area contributed by atoms with Gasteiger partial charge in [-0.1, -0.05) is 0 Å². The van der Waals surface area contributed by atoms with Crippen LogP contribution in [0.5, 0.6) is 5.75 Å². The predicted octanol–water partition coefficient (Wildman–Crippen LogP) is 2.36. The molecule has 1 heterocycles. The third kappa shape index (κ3) is 3.06. The highest BCUT2D eigenvalue weighted by Crippen LogP contribution is 2.35. The summed E-state index contributed by atoms with van der Waals surface area (Å²) in [5.41, 5.74) is 0. The van der Waals surface area contributed by atoms with Crippen molar-refractivity contribution >= 4 is 10.0 Å². The molecule has 0 aliphatic carbocycles. The molecule has 0 atom stereocenters. The third-order valence-corrected chi connectivity index (χ3v) is 5.30. The van der Waals surface area contributed by atoms with Crippen molar-refractivity contribution in [2.45, 2.75) is 23.9 Å². The third-order valence-electron chi connectivity index (χ3n) is 3.39. The first-order valence-corrected chi connectivity index (χ1v) is 7.51. The molecule has 0 amide bonds. The number of hydrogen-bond acceptors (Lipinski definition) is 3. The summed E-state index contributed by atoms with van der Waals surface area (Å²) in [4.78, 5) is -0.0271. The lowest BCUT2D eigenvalue weighted by molar-refractivity contribution is -0.182. The van der Waals surface area contributed by atoms with E-state index in [9.17, 15) is 21.6 Å². The summed E-state index contributed by atoms with van der Waals surface area (Å²) in [5.74, 6) is -1.51. The van der Waals surface area contributed by atoms with Crippen molar-refractivity contribution in [1.82, 2.24) is 4.31 Å². The van der Waals surface area contributed by atoms with Crippen LogP contribution < -0.4 is 0 Å². The summed E-state index contributed by atoms with van der Waals surface area (Å²) in [7, 11) is -3.79. The van der Waals surface area contributed by atoms with Gasteiger partial charge in [0.25, 0.3) is 0 Å². The Morgan fingerprint density at radius 2 is 1.60 bits per heavy atom. The first-order chi connectivity index (χ1) is 9.21. The maximum atomic E-state index is 12.5. The van der Waals surface area contributed by atoms with E-state index in [2.05, 4.69) is 0 Å². The highest BCUT2D eigenvalue weighted by atomic mass is 32.2. The Bertz CT molecular complexity index is 561. The van der Waals surface area contributed by atoms with Gasteiger partial charge in [0.2, 0.25) is 10.0 Å². The number of benzene rings is 1. The fraction of sp³-hybridized carbons (Fsp3) is 0.500. The molecule has 1 saturated heterocycles. The van der Waals surface area contributed by atoms with E-state index in [1.54, 1.807) is 0 Å². The molecule has 0 spiro atoms. The number of aromatic hydroxyl groups is 1. The number of piperidine rings is 1. The average molecular weight is 309 g/mol. The number of nitrogens with zero attached hydrogens (tertiary/aromatic N) is 1. The number of halogens is 3. The highest BCUT2D eigenvalue weighted by Gasteiger charge is 2.42. The molecule has 1 N–H and O–H groups in total. The van der Waals surface area contributed by atoms with Crippen LogP contribution in [0, 0.1) is 5.92 Å². The quantitative estimate of drug-likeness (QED) is 0.912. The molecule has 1 aromatic carbocycles. The molecular weight excluding hydrogens is 295 g/mol. The van der Waals surface area contributed by atoms with Gasteiger partial charge >= 0.3 is 6.18 Å². The van der Waals surface area contributed by atoms with Crippen molar-refractivity contribution in [3.8, 4) is 5.75 Å². The summed E-state index contributed by atoms with van der Waals surface area (Å²) in [5, 5.41) is 9.12. The first-order valence-electron chi connectivity index (χ1n) is 6.07. The average Bonchev–Trinajstić information content (AvgIpc) is 2.38. The molecule has 112 valence electrons. The van der Waals surface area contributed by atoms with Gasteiger partial charge in [0.05, 0.1) is 10.8 Å². The molecule has 2 rings (SSSR count). The Kier molecular flexibility index (Phi) is 3.97. The number of phenolic OH excluding ortho intramolecular Hbond substituents is 1. The van der Waals surface area contributed by atoms with Gasteiger partial charge in [-0.3, -0.25) is 0 Å². The number of sulfonamides is 1. The van der Waals surface area contributed by atoms with Gasteiger partial charge in [-0.15, -0.1) is 0 Å². The second-order valence-corrected chi connectivity index (χ2v) is 6.65. The normalized spacial score (nSPS) is 19.1. The van der Waals surface area contributed by atoms with Gasteiger partial charge in [0, 0.05) is 13.1 Å². The first kappa shape index (κ1) is 15.1. The van der Waals surface area contributed by atoms with E-state index >= 15 is 0 Å². The zero-order chi connectivity index (χ0) is 15.0. The van der Waals surface area contributed by atoms with E-state index in [0.717, 1.165) is 4.31 Å². The van der Waals surface area contributed by atoms with Crippen molar-refractivity contribution in [2.75, 3.05) is 13.1 Å². The van der Waals surface area contributed by atoms with Gasteiger partial charge in [-0.2, -0.15) is 17.5 Å². The smallest absolute Gasteiger partial charge is 0.391 e. The Hall–Kier alpha value is -1.28. The molecule has 4 nitrogen and oxygen atoms in total. The Labute approximate surface area is 114 Å². The van der Waals surface area contributed by atoms with E-state index in [4.69, 9.17) is 5.11 Å². The van der Waals surface area contributed by atoms with Gasteiger partial charge in [0.15, 0.2) is 0 Å². The molecule has 0 radical (unpaired) electrons. The molecule has 1 aromatic rings. The minimum Gasteiger partial charge on any atom is -0.508 e. The van der Waals surface area contributed by atoms with Gasteiger partial charge in [-0.25, -0.2) is 8.42 Å². The summed E-state index contributed by atoms with van der Waals surface area (Å²) >= 11 is 0. The lowest BCUT2D eigenvalue weighted by atomic mass is 9.98. The molecule has 0 saturated carbocycles. The Balaban J connectivity index is 2.11. The van der Waals surface area contributed by atoms with Crippen molar-refractivity contribution in [2.24, 2.45) is 5.92 Å². The number of rotatable bonds is 2. The molecule has 1 fully saturated rings. The topological polar surface area (TPSA) is 57.6 Å². The Morgan fingerprint density at radius 3 is 2.05 bits per heavy atom. The molecule has 20 heavy (non-hydrogen) atoms. The number of alkyl halides is 3. The second kappa shape index (κ2) is 5.25. The highest BCUT2D eigenvalue weighted by molar-refractivity contribution is 7.89. The van der Waals surface area contributed by atoms with Crippen LogP contribution in [0.4, 0.5) is 13.2 Å². The number of hydrogen-bond donors (Lipinski definition) is 1. The van der Waals surface area contributed by atoms with Crippen LogP contribution in [0.25, 0.3) is 0 Å². The zero-order valence-corrected chi connectivity index (χ0v) is 11.3. The van der Waals surface area contributed by atoms with Crippen molar-refractivity contribution < 1.29 is 26.7 Å². The largest absolute Gasteiger partial charge is 0.508 e. The summed E-state index contributed by atoms with van der Waals surface area (Å²) in [6.07, 6.45) is -4.71. The van der Waals surface area contributed by atoms with Crippen LogP contribution >= 0.6 is 0 Å².